The van der Waals surface area contributed by atoms with E-state index in [0.717, 1.165) is 0 Å². The summed E-state index contributed by atoms with van der Waals surface area (Å²) >= 11 is 0. The van der Waals surface area contributed by atoms with Crippen molar-refractivity contribution in [3.05, 3.63) is 24.3 Å². The second kappa shape index (κ2) is 3.09. The van der Waals surface area contributed by atoms with Gasteiger partial charge in [0.25, 0.3) is 0 Å². The van der Waals surface area contributed by atoms with E-state index in [4.69, 9.17) is 9.84 Å². The highest BCUT2D eigenvalue weighted by molar-refractivity contribution is 5.82. The van der Waals surface area contributed by atoms with E-state index in [9.17, 15) is 4.79 Å². The fourth-order valence-corrected chi connectivity index (χ4v) is 1.85. The fraction of sp³-hybridized carbons (Fsp3) is 0.500. The number of ether oxygens (including phenoxy) is 1. The molecule has 1 saturated heterocycles. The van der Waals surface area contributed by atoms with Crippen molar-refractivity contribution in [3.8, 4) is 0 Å². The summed E-state index contributed by atoms with van der Waals surface area (Å²) in [7, 11) is 0. The smallest absolute Gasteiger partial charge is 0.139 e. The van der Waals surface area contributed by atoms with Crippen molar-refractivity contribution in [2.24, 2.45) is 0 Å². The van der Waals surface area contributed by atoms with Gasteiger partial charge in [-0.05, 0) is 6.08 Å². The normalized spacial score (nSPS) is 37.6. The van der Waals surface area contributed by atoms with Crippen molar-refractivity contribution in [1.82, 2.24) is 0 Å². The summed E-state index contributed by atoms with van der Waals surface area (Å²) in [5.41, 5.74) is -0.553. The number of Topliss-reactive ketones (excluding diaryl/α,β-unsaturated/α-hetero) is 1. The lowest BCUT2D eigenvalue weighted by atomic mass is 9.94. The number of carbonyl (C=O) groups is 1. The third kappa shape index (κ3) is 1.57. The second-order valence-electron chi connectivity index (χ2n) is 3.47. The number of hydrogen-bond donors (Lipinski definition) is 1. The molecule has 2 rings (SSSR count). The fourth-order valence-electron chi connectivity index (χ4n) is 1.85. The first kappa shape index (κ1) is 8.66. The van der Waals surface area contributed by atoms with Gasteiger partial charge < -0.3 is 9.84 Å². The lowest BCUT2D eigenvalue weighted by Crippen LogP contribution is -2.36. The molecule has 2 unspecified atom stereocenters. The monoisotopic (exact) mass is 180 g/mol. The van der Waals surface area contributed by atoms with E-state index >= 15 is 0 Å². The van der Waals surface area contributed by atoms with Crippen LogP contribution in [-0.2, 0) is 9.53 Å². The maximum absolute atomic E-state index is 11.3. The van der Waals surface area contributed by atoms with Crippen molar-refractivity contribution in [1.29, 1.82) is 0 Å². The van der Waals surface area contributed by atoms with Crippen LogP contribution >= 0.6 is 0 Å². The summed E-state index contributed by atoms with van der Waals surface area (Å²) in [6, 6.07) is 0. The zero-order valence-corrected chi connectivity index (χ0v) is 7.27. The molecule has 0 spiro atoms. The minimum absolute atomic E-state index is 0.0161. The maximum Gasteiger partial charge on any atom is 0.139 e. The van der Waals surface area contributed by atoms with E-state index in [1.54, 1.807) is 12.2 Å². The van der Waals surface area contributed by atoms with Crippen LogP contribution in [0.4, 0.5) is 0 Å². The van der Waals surface area contributed by atoms with Gasteiger partial charge in [0.05, 0.1) is 12.7 Å². The van der Waals surface area contributed by atoms with Gasteiger partial charge in [0.1, 0.15) is 11.4 Å². The number of aliphatic hydroxyl groups is 1. The van der Waals surface area contributed by atoms with Crippen LogP contribution in [0.15, 0.2) is 24.3 Å². The van der Waals surface area contributed by atoms with Crippen molar-refractivity contribution in [3.63, 3.8) is 0 Å². The molecular formula is C10H12O3. The molecule has 2 atom stereocenters. The van der Waals surface area contributed by atoms with Crippen LogP contribution in [0.25, 0.3) is 0 Å². The molecule has 13 heavy (non-hydrogen) atoms. The molecule has 0 saturated carbocycles. The summed E-state index contributed by atoms with van der Waals surface area (Å²) in [6.07, 6.45) is 8.05. The molecule has 0 aromatic rings. The van der Waals surface area contributed by atoms with Crippen LogP contribution in [0, 0.1) is 0 Å². The molecule has 0 aromatic heterocycles. The average Bonchev–Trinajstić information content (AvgIpc) is 2.40. The van der Waals surface area contributed by atoms with Crippen LogP contribution in [0.3, 0.4) is 0 Å². The van der Waals surface area contributed by atoms with E-state index in [2.05, 4.69) is 0 Å². The Balaban J connectivity index is 2.18. The van der Waals surface area contributed by atoms with Crippen LogP contribution in [0.2, 0.25) is 0 Å². The van der Waals surface area contributed by atoms with Gasteiger partial charge in [0.2, 0.25) is 0 Å². The van der Waals surface area contributed by atoms with Crippen LogP contribution < -0.4 is 0 Å². The van der Waals surface area contributed by atoms with Crippen LogP contribution in [-0.4, -0.2) is 29.2 Å². The average molecular weight is 180 g/mol. The highest BCUT2D eigenvalue weighted by Gasteiger charge is 2.40. The topological polar surface area (TPSA) is 46.5 Å². The Kier molecular flexibility index (Phi) is 2.06. The second-order valence-corrected chi connectivity index (χ2v) is 3.47. The largest absolute Gasteiger partial charge is 0.392 e. The van der Waals surface area contributed by atoms with Gasteiger partial charge in [-0.3, -0.25) is 4.79 Å². The van der Waals surface area contributed by atoms with Crippen molar-refractivity contribution in [2.45, 2.75) is 24.5 Å². The van der Waals surface area contributed by atoms with Gasteiger partial charge in [0.15, 0.2) is 0 Å². The standard InChI is InChI=1S/C10H12O3/c11-5-1-3-10-4-2-9(13-10)6-8(12)7-10/h1-4,9,11H,5-7H2/b3-1+. The molecular weight excluding hydrogens is 168 g/mol. The lowest BCUT2D eigenvalue weighted by molar-refractivity contribution is -0.132. The molecule has 0 radical (unpaired) electrons. The highest BCUT2D eigenvalue weighted by Crippen LogP contribution is 2.35. The first-order chi connectivity index (χ1) is 6.24. The molecule has 0 amide bonds. The number of fused-ring (bicyclic) bond motifs is 2. The molecule has 1 N–H and O–H groups in total. The third-order valence-electron chi connectivity index (χ3n) is 2.37. The highest BCUT2D eigenvalue weighted by atomic mass is 16.5. The Bertz CT molecular complexity index is 280. The molecule has 3 nitrogen and oxygen atoms in total. The van der Waals surface area contributed by atoms with Crippen LogP contribution in [0.1, 0.15) is 12.8 Å². The summed E-state index contributed by atoms with van der Waals surface area (Å²) in [6.45, 7) is -0.0161. The Morgan fingerprint density at radius 2 is 2.62 bits per heavy atom. The number of aliphatic hydroxyl groups excluding tert-OH is 1. The van der Waals surface area contributed by atoms with E-state index < -0.39 is 5.60 Å². The number of carbonyl (C=O) groups excluding carboxylic acids is 1. The van der Waals surface area contributed by atoms with E-state index in [-0.39, 0.29) is 18.5 Å². The molecule has 70 valence electrons. The molecule has 3 heteroatoms. The van der Waals surface area contributed by atoms with E-state index in [0.29, 0.717) is 12.8 Å². The van der Waals surface area contributed by atoms with E-state index in [1.807, 2.05) is 12.2 Å². The molecule has 2 aliphatic rings. The Labute approximate surface area is 76.7 Å². The van der Waals surface area contributed by atoms with Crippen molar-refractivity contribution < 1.29 is 14.6 Å². The van der Waals surface area contributed by atoms with Crippen molar-refractivity contribution >= 4 is 5.78 Å². The van der Waals surface area contributed by atoms with Gasteiger partial charge in [-0.25, -0.2) is 0 Å². The van der Waals surface area contributed by atoms with Gasteiger partial charge >= 0.3 is 0 Å². The molecule has 1 fully saturated rings. The lowest BCUT2D eigenvalue weighted by Gasteiger charge is -2.29. The quantitative estimate of drug-likeness (QED) is 0.633. The molecule has 2 bridgehead atoms. The Morgan fingerprint density at radius 3 is 3.38 bits per heavy atom. The third-order valence-corrected chi connectivity index (χ3v) is 2.37. The Hall–Kier alpha value is -0.930. The summed E-state index contributed by atoms with van der Waals surface area (Å²) in [4.78, 5) is 11.3. The molecule has 2 aliphatic heterocycles. The van der Waals surface area contributed by atoms with Gasteiger partial charge in [0, 0.05) is 12.8 Å². The zero-order valence-electron chi connectivity index (χ0n) is 7.27. The van der Waals surface area contributed by atoms with Gasteiger partial charge in [-0.2, -0.15) is 0 Å². The minimum atomic E-state index is -0.553. The molecule has 0 aromatic carbocycles. The van der Waals surface area contributed by atoms with Gasteiger partial charge in [-0.15, -0.1) is 0 Å². The van der Waals surface area contributed by atoms with Crippen LogP contribution in [0.5, 0.6) is 0 Å². The summed E-state index contributed by atoms with van der Waals surface area (Å²) in [5, 5.41) is 8.63. The predicted molar refractivity (Wildman–Crippen MR) is 47.2 cm³/mol. The zero-order chi connectivity index (χ0) is 9.31. The summed E-state index contributed by atoms with van der Waals surface area (Å²) in [5.74, 6) is 0.226. The number of rotatable bonds is 2. The number of ketones is 1. The Morgan fingerprint density at radius 1 is 1.77 bits per heavy atom. The summed E-state index contributed by atoms with van der Waals surface area (Å²) < 4.78 is 5.63. The predicted octanol–water partition coefficient (Wildman–Crippen LogP) is 0.592. The van der Waals surface area contributed by atoms with Crippen molar-refractivity contribution in [2.75, 3.05) is 6.61 Å². The first-order valence-electron chi connectivity index (χ1n) is 4.41. The molecule has 2 heterocycles. The van der Waals surface area contributed by atoms with E-state index in [1.165, 1.54) is 0 Å². The van der Waals surface area contributed by atoms with Gasteiger partial charge in [-0.1, -0.05) is 18.2 Å². The maximum atomic E-state index is 11.3. The minimum Gasteiger partial charge on any atom is -0.392 e. The molecule has 0 aliphatic carbocycles. The first-order valence-corrected chi connectivity index (χ1v) is 4.41. The number of hydrogen-bond acceptors (Lipinski definition) is 3. The SMILES string of the molecule is O=C1CC2C=CC(/C=C/CO)(C1)O2.